The monoisotopic (exact) mass is 229 g/mol. The molecule has 0 fully saturated rings. The number of likely N-dealkylation sites (N-methyl/N-ethyl adjacent to an activating group) is 1. The molecular weight excluding hydrogens is 214 g/mol. The van der Waals surface area contributed by atoms with E-state index in [0.29, 0.717) is 5.75 Å². The normalized spacial score (nSPS) is 25.2. The van der Waals surface area contributed by atoms with Crippen LogP contribution in [0.4, 0.5) is 0 Å². The highest BCUT2D eigenvalue weighted by atomic mass is 32.2. The molecule has 0 radical (unpaired) electrons. The number of carbonyl (C=O) groups excluding carboxylic acids is 2. The van der Waals surface area contributed by atoms with Crippen LogP contribution in [0, 0.1) is 5.92 Å². The molecule has 0 aromatic heterocycles. The lowest BCUT2D eigenvalue weighted by molar-refractivity contribution is -0.126. The Hall–Kier alpha value is -1.04. The van der Waals surface area contributed by atoms with Gasteiger partial charge in [0.1, 0.15) is 0 Å². The molecule has 15 heavy (non-hydrogen) atoms. The molecule has 0 aliphatic carbocycles. The number of aliphatic imine (C=N–C) groups is 1. The van der Waals surface area contributed by atoms with Gasteiger partial charge in [0.15, 0.2) is 10.6 Å². The first-order valence-corrected chi connectivity index (χ1v) is 5.67. The van der Waals surface area contributed by atoms with Crippen molar-refractivity contribution in [2.75, 3.05) is 12.8 Å². The average Bonchev–Trinajstić information content (AvgIpc) is 2.62. The van der Waals surface area contributed by atoms with E-state index in [1.165, 1.54) is 11.8 Å². The Bertz CT molecular complexity index is 327. The quantitative estimate of drug-likeness (QED) is 0.700. The molecule has 1 rings (SSSR count). The third kappa shape index (κ3) is 1.99. The van der Waals surface area contributed by atoms with Crippen molar-refractivity contribution in [3.05, 3.63) is 0 Å². The van der Waals surface area contributed by atoms with E-state index in [1.54, 1.807) is 7.05 Å². The lowest BCUT2D eigenvalue weighted by Crippen LogP contribution is -2.48. The Labute approximate surface area is 92.9 Å². The fourth-order valence-electron chi connectivity index (χ4n) is 1.44. The van der Waals surface area contributed by atoms with Gasteiger partial charge in [-0.2, -0.15) is 0 Å². The molecule has 0 saturated carbocycles. The number of primary amides is 1. The molecule has 0 aromatic carbocycles. The van der Waals surface area contributed by atoms with Gasteiger partial charge >= 0.3 is 0 Å². The van der Waals surface area contributed by atoms with Gasteiger partial charge in [-0.15, -0.1) is 0 Å². The highest BCUT2D eigenvalue weighted by Gasteiger charge is 2.45. The fraction of sp³-hybridized carbons (Fsp3) is 0.667. The van der Waals surface area contributed by atoms with E-state index in [9.17, 15) is 9.59 Å². The molecule has 1 atom stereocenters. The third-order valence-corrected chi connectivity index (χ3v) is 3.67. The van der Waals surface area contributed by atoms with E-state index in [4.69, 9.17) is 5.73 Å². The highest BCUT2D eigenvalue weighted by Crippen LogP contribution is 2.34. The van der Waals surface area contributed by atoms with Gasteiger partial charge < -0.3 is 11.1 Å². The molecule has 2 amide bonds. The van der Waals surface area contributed by atoms with Crippen molar-refractivity contribution in [1.82, 2.24) is 5.32 Å². The second kappa shape index (κ2) is 4.22. The first kappa shape index (κ1) is 12.0. The number of nitrogens with one attached hydrogen (secondary N) is 1. The molecule has 0 bridgehead atoms. The Balaban J connectivity index is 3.06. The summed E-state index contributed by atoms with van der Waals surface area (Å²) < 4.78 is 0. The average molecular weight is 229 g/mol. The number of nitrogens with zero attached hydrogens (tertiary/aromatic N) is 1. The Kier molecular flexibility index (Phi) is 3.38. The van der Waals surface area contributed by atoms with Crippen molar-refractivity contribution >= 4 is 28.6 Å². The van der Waals surface area contributed by atoms with Gasteiger partial charge in [-0.3, -0.25) is 14.6 Å². The van der Waals surface area contributed by atoms with E-state index in [1.807, 2.05) is 13.8 Å². The second-order valence-corrected chi connectivity index (χ2v) is 4.69. The molecule has 1 heterocycles. The summed E-state index contributed by atoms with van der Waals surface area (Å²) in [7, 11) is 1.56. The van der Waals surface area contributed by atoms with Crippen molar-refractivity contribution in [3.63, 3.8) is 0 Å². The van der Waals surface area contributed by atoms with E-state index in [2.05, 4.69) is 10.3 Å². The zero-order valence-electron chi connectivity index (χ0n) is 9.03. The number of amides is 2. The van der Waals surface area contributed by atoms with Crippen molar-refractivity contribution in [3.8, 4) is 0 Å². The summed E-state index contributed by atoms with van der Waals surface area (Å²) in [5.74, 6) is -0.225. The number of hydrogen-bond donors (Lipinski definition) is 2. The van der Waals surface area contributed by atoms with Crippen LogP contribution in [0.15, 0.2) is 4.99 Å². The predicted molar refractivity (Wildman–Crippen MR) is 60.7 cm³/mol. The van der Waals surface area contributed by atoms with Gasteiger partial charge in [0, 0.05) is 12.8 Å². The number of nitrogens with two attached hydrogens (primary N) is 1. The zero-order valence-corrected chi connectivity index (χ0v) is 9.85. The molecule has 0 saturated heterocycles. The maximum absolute atomic E-state index is 11.8. The topological polar surface area (TPSA) is 84.5 Å². The molecule has 5 nitrogen and oxygen atoms in total. The number of thioether (sulfide) groups is 1. The number of hydrogen-bond acceptors (Lipinski definition) is 4. The third-order valence-electron chi connectivity index (χ3n) is 2.52. The van der Waals surface area contributed by atoms with E-state index in [0.717, 1.165) is 0 Å². The summed E-state index contributed by atoms with van der Waals surface area (Å²) in [6.45, 7) is 3.81. The zero-order chi connectivity index (χ0) is 11.6. The molecule has 6 heteroatoms. The van der Waals surface area contributed by atoms with Gasteiger partial charge in [0.2, 0.25) is 5.91 Å². The van der Waals surface area contributed by atoms with Crippen LogP contribution in [0.25, 0.3) is 0 Å². The molecule has 3 N–H and O–H groups in total. The largest absolute Gasteiger partial charge is 0.364 e. The molecular formula is C9H15N3O2S. The summed E-state index contributed by atoms with van der Waals surface area (Å²) in [5, 5.41) is 2.82. The molecule has 1 aliphatic rings. The van der Waals surface area contributed by atoms with Crippen LogP contribution in [0.2, 0.25) is 0 Å². The molecule has 84 valence electrons. The standard InChI is InChI=1S/C9H15N3O2S/c1-5(2)9(8(14)11-3)4-15-7(12-9)6(10)13/h5H,4H2,1-3H3,(H2,10,13)(H,11,14). The van der Waals surface area contributed by atoms with Crippen molar-refractivity contribution in [2.45, 2.75) is 19.4 Å². The van der Waals surface area contributed by atoms with Crippen molar-refractivity contribution in [2.24, 2.45) is 16.6 Å². The minimum atomic E-state index is -0.843. The van der Waals surface area contributed by atoms with Gasteiger partial charge in [-0.25, -0.2) is 0 Å². The van der Waals surface area contributed by atoms with Gasteiger partial charge in [0.25, 0.3) is 5.91 Å². The maximum atomic E-state index is 11.8. The predicted octanol–water partition coefficient (Wildman–Crippen LogP) is -0.242. The lowest BCUT2D eigenvalue weighted by atomic mass is 9.88. The SMILES string of the molecule is CNC(=O)C1(C(C)C)CSC(C(N)=O)=N1. The minimum absolute atomic E-state index is 0.0294. The highest BCUT2D eigenvalue weighted by molar-refractivity contribution is 8.16. The summed E-state index contributed by atoms with van der Waals surface area (Å²) in [6.07, 6.45) is 0. The minimum Gasteiger partial charge on any atom is -0.364 e. The second-order valence-electron chi connectivity index (χ2n) is 3.73. The fourth-order valence-corrected chi connectivity index (χ4v) is 2.70. The Morgan fingerprint density at radius 1 is 1.60 bits per heavy atom. The first-order valence-electron chi connectivity index (χ1n) is 4.68. The van der Waals surface area contributed by atoms with Crippen LogP contribution in [0.1, 0.15) is 13.8 Å². The molecule has 1 unspecified atom stereocenters. The van der Waals surface area contributed by atoms with E-state index < -0.39 is 11.4 Å². The first-order chi connectivity index (χ1) is 6.94. The summed E-state index contributed by atoms with van der Waals surface area (Å²) in [6, 6.07) is 0. The molecule has 1 aliphatic heterocycles. The number of carbonyl (C=O) groups is 2. The smallest absolute Gasteiger partial charge is 0.273 e. The molecule has 0 spiro atoms. The van der Waals surface area contributed by atoms with Crippen LogP contribution >= 0.6 is 11.8 Å². The van der Waals surface area contributed by atoms with Crippen molar-refractivity contribution < 1.29 is 9.59 Å². The van der Waals surface area contributed by atoms with Crippen LogP contribution in [0.3, 0.4) is 0 Å². The van der Waals surface area contributed by atoms with Crippen LogP contribution in [-0.4, -0.2) is 35.2 Å². The van der Waals surface area contributed by atoms with Gasteiger partial charge in [-0.05, 0) is 5.92 Å². The Morgan fingerprint density at radius 2 is 2.20 bits per heavy atom. The van der Waals surface area contributed by atoms with Gasteiger partial charge in [0.05, 0.1) is 0 Å². The van der Waals surface area contributed by atoms with Crippen LogP contribution < -0.4 is 11.1 Å². The lowest BCUT2D eigenvalue weighted by Gasteiger charge is -2.27. The Morgan fingerprint density at radius 3 is 2.53 bits per heavy atom. The number of rotatable bonds is 3. The van der Waals surface area contributed by atoms with E-state index >= 15 is 0 Å². The van der Waals surface area contributed by atoms with Crippen LogP contribution in [0.5, 0.6) is 0 Å². The summed E-state index contributed by atoms with van der Waals surface area (Å²) in [5.41, 5.74) is 4.29. The van der Waals surface area contributed by atoms with Crippen molar-refractivity contribution in [1.29, 1.82) is 0 Å². The van der Waals surface area contributed by atoms with Crippen LogP contribution in [-0.2, 0) is 9.59 Å². The maximum Gasteiger partial charge on any atom is 0.273 e. The summed E-state index contributed by atoms with van der Waals surface area (Å²) >= 11 is 1.24. The summed E-state index contributed by atoms with van der Waals surface area (Å²) in [4.78, 5) is 26.9. The molecule has 0 aromatic rings. The van der Waals surface area contributed by atoms with Gasteiger partial charge in [-0.1, -0.05) is 25.6 Å². The van der Waals surface area contributed by atoms with E-state index in [-0.39, 0.29) is 16.9 Å².